The molecule has 1 aliphatic rings. The van der Waals surface area contributed by atoms with Crippen molar-refractivity contribution in [2.75, 3.05) is 6.54 Å². The lowest BCUT2D eigenvalue weighted by Gasteiger charge is -2.27. The van der Waals surface area contributed by atoms with Crippen LogP contribution in [0.2, 0.25) is 0 Å². The lowest BCUT2D eigenvalue weighted by Crippen LogP contribution is -2.51. The van der Waals surface area contributed by atoms with E-state index in [1.165, 1.54) is 0 Å². The zero-order valence-electron chi connectivity index (χ0n) is 14.2. The summed E-state index contributed by atoms with van der Waals surface area (Å²) in [7, 11) is 0. The molecule has 24 heavy (non-hydrogen) atoms. The van der Waals surface area contributed by atoms with Crippen LogP contribution in [0.3, 0.4) is 0 Å². The Morgan fingerprint density at radius 3 is 2.38 bits per heavy atom. The van der Waals surface area contributed by atoms with Gasteiger partial charge in [0.25, 0.3) is 5.91 Å². The van der Waals surface area contributed by atoms with Gasteiger partial charge in [-0.15, -0.1) is 0 Å². The number of benzene rings is 1. The van der Waals surface area contributed by atoms with Crippen molar-refractivity contribution in [2.24, 2.45) is 0 Å². The lowest BCUT2D eigenvalue weighted by molar-refractivity contribution is -0.140. The fourth-order valence-corrected chi connectivity index (χ4v) is 3.43. The van der Waals surface area contributed by atoms with Gasteiger partial charge in [0, 0.05) is 18.4 Å². The standard InChI is InChI=1S/C19H23NO4/c1-12-8-16(13(2)24-12)18(3,22)11-20-17(21)19(23)9-14-6-4-5-7-15(14)10-19/h4-8,22-23H,9-11H2,1-3H3,(H,20,21). The Hall–Kier alpha value is -2.11. The normalized spacial score (nSPS) is 18.0. The second-order valence-electron chi connectivity index (χ2n) is 6.94. The van der Waals surface area contributed by atoms with E-state index >= 15 is 0 Å². The Morgan fingerprint density at radius 1 is 1.29 bits per heavy atom. The first-order chi connectivity index (χ1) is 11.2. The molecule has 3 N–H and O–H groups in total. The average Bonchev–Trinajstić information content (AvgIpc) is 3.04. The van der Waals surface area contributed by atoms with Gasteiger partial charge in [-0.05, 0) is 38.0 Å². The molecule has 3 rings (SSSR count). The van der Waals surface area contributed by atoms with E-state index in [0.717, 1.165) is 11.1 Å². The van der Waals surface area contributed by atoms with Gasteiger partial charge in [0.15, 0.2) is 5.60 Å². The van der Waals surface area contributed by atoms with E-state index in [1.54, 1.807) is 19.9 Å². The average molecular weight is 329 g/mol. The minimum Gasteiger partial charge on any atom is -0.466 e. The third-order valence-corrected chi connectivity index (χ3v) is 4.72. The Kier molecular flexibility index (Phi) is 4.01. The number of nitrogens with one attached hydrogen (secondary N) is 1. The first-order valence-electron chi connectivity index (χ1n) is 8.09. The van der Waals surface area contributed by atoms with Crippen molar-refractivity contribution >= 4 is 5.91 Å². The van der Waals surface area contributed by atoms with E-state index in [1.807, 2.05) is 31.2 Å². The molecule has 1 aromatic heterocycles. The molecule has 0 bridgehead atoms. The van der Waals surface area contributed by atoms with Crippen LogP contribution in [-0.4, -0.2) is 28.3 Å². The molecule has 1 atom stereocenters. The van der Waals surface area contributed by atoms with Crippen molar-refractivity contribution in [3.63, 3.8) is 0 Å². The summed E-state index contributed by atoms with van der Waals surface area (Å²) in [6, 6.07) is 9.42. The minimum absolute atomic E-state index is 0.00427. The fourth-order valence-electron chi connectivity index (χ4n) is 3.43. The van der Waals surface area contributed by atoms with Crippen molar-refractivity contribution in [2.45, 2.75) is 44.8 Å². The van der Waals surface area contributed by atoms with Crippen LogP contribution in [0.25, 0.3) is 0 Å². The molecule has 0 radical (unpaired) electrons. The second-order valence-corrected chi connectivity index (χ2v) is 6.94. The highest BCUT2D eigenvalue weighted by Gasteiger charge is 2.42. The van der Waals surface area contributed by atoms with E-state index < -0.39 is 17.1 Å². The summed E-state index contributed by atoms with van der Waals surface area (Å²) >= 11 is 0. The van der Waals surface area contributed by atoms with Gasteiger partial charge in [-0.25, -0.2) is 0 Å². The fraction of sp³-hybridized carbons (Fsp3) is 0.421. The summed E-state index contributed by atoms with van der Waals surface area (Å²) in [6.07, 6.45) is 0.585. The number of carbonyl (C=O) groups excluding carboxylic acids is 1. The number of carbonyl (C=O) groups is 1. The topological polar surface area (TPSA) is 82.7 Å². The van der Waals surface area contributed by atoms with Crippen molar-refractivity contribution in [1.82, 2.24) is 5.32 Å². The molecule has 0 saturated carbocycles. The SMILES string of the molecule is Cc1cc(C(C)(O)CNC(=O)C2(O)Cc3ccccc3C2)c(C)o1. The Balaban J connectivity index is 1.69. The zero-order valence-corrected chi connectivity index (χ0v) is 14.2. The summed E-state index contributed by atoms with van der Waals surface area (Å²) in [4.78, 5) is 12.5. The smallest absolute Gasteiger partial charge is 0.252 e. The maximum Gasteiger partial charge on any atom is 0.252 e. The maximum atomic E-state index is 12.5. The Bertz CT molecular complexity index is 750. The largest absolute Gasteiger partial charge is 0.466 e. The predicted molar refractivity (Wildman–Crippen MR) is 89.6 cm³/mol. The quantitative estimate of drug-likeness (QED) is 0.798. The number of aliphatic hydroxyl groups is 2. The summed E-state index contributed by atoms with van der Waals surface area (Å²) in [5, 5.41) is 24.1. The predicted octanol–water partition coefficient (Wildman–Crippen LogP) is 1.75. The van der Waals surface area contributed by atoms with Gasteiger partial charge in [0.05, 0.1) is 6.54 Å². The van der Waals surface area contributed by atoms with Crippen LogP contribution in [-0.2, 0) is 23.2 Å². The second kappa shape index (κ2) is 5.76. The molecule has 2 aromatic rings. The van der Waals surface area contributed by atoms with E-state index in [-0.39, 0.29) is 6.54 Å². The van der Waals surface area contributed by atoms with Crippen LogP contribution in [0, 0.1) is 13.8 Å². The van der Waals surface area contributed by atoms with E-state index in [9.17, 15) is 15.0 Å². The molecular weight excluding hydrogens is 306 g/mol. The Labute approximate surface area is 141 Å². The van der Waals surface area contributed by atoms with Crippen molar-refractivity contribution in [3.8, 4) is 0 Å². The van der Waals surface area contributed by atoms with Gasteiger partial charge in [-0.1, -0.05) is 24.3 Å². The highest BCUT2D eigenvalue weighted by Crippen LogP contribution is 2.31. The van der Waals surface area contributed by atoms with Gasteiger partial charge in [-0.3, -0.25) is 4.79 Å². The number of hydrogen-bond donors (Lipinski definition) is 3. The van der Waals surface area contributed by atoms with Crippen LogP contribution in [0.4, 0.5) is 0 Å². The van der Waals surface area contributed by atoms with Crippen molar-refractivity contribution in [1.29, 1.82) is 0 Å². The van der Waals surface area contributed by atoms with Gasteiger partial charge in [0.1, 0.15) is 17.1 Å². The van der Waals surface area contributed by atoms with E-state index in [0.29, 0.717) is 29.9 Å². The highest BCUT2D eigenvalue weighted by molar-refractivity contribution is 5.86. The number of furan rings is 1. The van der Waals surface area contributed by atoms with Crippen LogP contribution in [0.5, 0.6) is 0 Å². The van der Waals surface area contributed by atoms with Crippen molar-refractivity contribution in [3.05, 3.63) is 58.5 Å². The third-order valence-electron chi connectivity index (χ3n) is 4.72. The molecule has 128 valence electrons. The number of fused-ring (bicyclic) bond motifs is 1. The lowest BCUT2D eigenvalue weighted by atomic mass is 9.94. The number of amides is 1. The monoisotopic (exact) mass is 329 g/mol. The molecule has 1 aliphatic carbocycles. The van der Waals surface area contributed by atoms with Crippen LogP contribution >= 0.6 is 0 Å². The Morgan fingerprint density at radius 2 is 1.88 bits per heavy atom. The number of rotatable bonds is 4. The highest BCUT2D eigenvalue weighted by atomic mass is 16.3. The summed E-state index contributed by atoms with van der Waals surface area (Å²) in [6.45, 7) is 5.21. The molecule has 0 aliphatic heterocycles. The zero-order chi connectivity index (χ0) is 17.5. The first kappa shape index (κ1) is 16.7. The van der Waals surface area contributed by atoms with Gasteiger partial charge in [0.2, 0.25) is 0 Å². The summed E-state index contributed by atoms with van der Waals surface area (Å²) in [5.74, 6) is 0.870. The van der Waals surface area contributed by atoms with E-state index in [2.05, 4.69) is 5.32 Å². The van der Waals surface area contributed by atoms with Crippen LogP contribution in [0.1, 0.15) is 35.1 Å². The molecule has 1 aromatic carbocycles. The molecule has 0 saturated heterocycles. The summed E-state index contributed by atoms with van der Waals surface area (Å²) in [5.41, 5.74) is -0.103. The van der Waals surface area contributed by atoms with Crippen LogP contribution in [0.15, 0.2) is 34.7 Å². The molecule has 1 heterocycles. The van der Waals surface area contributed by atoms with Gasteiger partial charge >= 0.3 is 0 Å². The molecule has 0 fully saturated rings. The third kappa shape index (κ3) is 2.97. The first-order valence-corrected chi connectivity index (χ1v) is 8.09. The molecule has 1 amide bonds. The molecule has 0 spiro atoms. The van der Waals surface area contributed by atoms with Crippen molar-refractivity contribution < 1.29 is 19.4 Å². The molecular formula is C19H23NO4. The maximum absolute atomic E-state index is 12.5. The summed E-state index contributed by atoms with van der Waals surface area (Å²) < 4.78 is 5.45. The molecule has 1 unspecified atom stereocenters. The van der Waals surface area contributed by atoms with E-state index in [4.69, 9.17) is 4.42 Å². The van der Waals surface area contributed by atoms with Crippen LogP contribution < -0.4 is 5.32 Å². The van der Waals surface area contributed by atoms with Gasteiger partial charge < -0.3 is 19.9 Å². The molecule has 5 nitrogen and oxygen atoms in total. The number of aryl methyl sites for hydroxylation is 2. The number of hydrogen-bond acceptors (Lipinski definition) is 4. The minimum atomic E-state index is -1.46. The van der Waals surface area contributed by atoms with Gasteiger partial charge in [-0.2, -0.15) is 0 Å². The molecule has 5 heteroatoms.